The molecule has 1 aromatic heterocycles. The molecule has 0 aliphatic heterocycles. The van der Waals surface area contributed by atoms with Crippen LogP contribution in [0.1, 0.15) is 0 Å². The minimum absolute atomic E-state index is 0. The van der Waals surface area contributed by atoms with Crippen LogP contribution in [0.15, 0.2) is 66.7 Å². The molecule has 0 amide bonds. The van der Waals surface area contributed by atoms with Crippen LogP contribution in [-0.4, -0.2) is 4.98 Å². The maximum absolute atomic E-state index is 4.74. The van der Waals surface area contributed by atoms with Crippen molar-refractivity contribution >= 4 is 43.1 Å². The quantitative estimate of drug-likeness (QED) is 0.596. The Morgan fingerprint density at radius 2 is 1.57 bits per heavy atom. The molecule has 0 radical (unpaired) electrons. The van der Waals surface area contributed by atoms with Crippen molar-refractivity contribution in [3.63, 3.8) is 0 Å². The van der Waals surface area contributed by atoms with Crippen molar-refractivity contribution in [2.45, 2.75) is 0 Å². The highest BCUT2D eigenvalue weighted by Gasteiger charge is 2.07. The molecule has 1 heterocycles. The third kappa shape index (κ3) is 2.64. The van der Waals surface area contributed by atoms with E-state index in [1.807, 2.05) is 30.3 Å². The van der Waals surface area contributed by atoms with E-state index in [0.29, 0.717) is 0 Å². The van der Waals surface area contributed by atoms with Crippen LogP contribution in [0.2, 0.25) is 0 Å². The van der Waals surface area contributed by atoms with Crippen LogP contribution in [0.5, 0.6) is 0 Å². The minimum Gasteiger partial charge on any atom is -1.00 e. The van der Waals surface area contributed by atoms with Gasteiger partial charge in [0.2, 0.25) is 0 Å². The van der Waals surface area contributed by atoms with Gasteiger partial charge in [0, 0.05) is 11.1 Å². The molecular formula is C17H12BrN2S-. The summed E-state index contributed by atoms with van der Waals surface area (Å²) in [5, 5.41) is 6.74. The molecule has 4 rings (SSSR count). The van der Waals surface area contributed by atoms with Gasteiger partial charge in [0.05, 0.1) is 10.2 Å². The molecule has 4 heteroatoms. The van der Waals surface area contributed by atoms with Crippen molar-refractivity contribution in [2.75, 3.05) is 5.32 Å². The van der Waals surface area contributed by atoms with Gasteiger partial charge in [-0.2, -0.15) is 0 Å². The molecule has 0 atom stereocenters. The number of hydrogen-bond donors (Lipinski definition) is 1. The molecule has 0 fully saturated rings. The Balaban J connectivity index is 0.00000132. The first kappa shape index (κ1) is 14.0. The predicted molar refractivity (Wildman–Crippen MR) is 86.9 cm³/mol. The second kappa shape index (κ2) is 5.84. The Labute approximate surface area is 137 Å². The number of rotatable bonds is 2. The fraction of sp³-hybridized carbons (Fsp3) is 0. The van der Waals surface area contributed by atoms with E-state index in [0.717, 1.165) is 16.3 Å². The second-order valence-electron chi connectivity index (χ2n) is 4.64. The lowest BCUT2D eigenvalue weighted by Crippen LogP contribution is -3.00. The molecule has 0 saturated heterocycles. The number of nitrogens with one attached hydrogen (secondary N) is 1. The molecule has 0 aliphatic carbocycles. The van der Waals surface area contributed by atoms with Gasteiger partial charge < -0.3 is 22.3 Å². The number of fused-ring (bicyclic) bond motifs is 3. The van der Waals surface area contributed by atoms with E-state index in [1.165, 1.54) is 15.5 Å². The Kier molecular flexibility index (Phi) is 3.90. The van der Waals surface area contributed by atoms with Crippen LogP contribution < -0.4 is 22.3 Å². The highest BCUT2D eigenvalue weighted by Crippen LogP contribution is 2.32. The molecule has 0 unspecified atom stereocenters. The van der Waals surface area contributed by atoms with Gasteiger partial charge in [0.1, 0.15) is 0 Å². The van der Waals surface area contributed by atoms with Crippen molar-refractivity contribution in [3.05, 3.63) is 66.7 Å². The molecule has 4 aromatic rings. The number of hydrogen-bond acceptors (Lipinski definition) is 3. The summed E-state index contributed by atoms with van der Waals surface area (Å²) in [5.74, 6) is 0. The normalized spacial score (nSPS) is 10.5. The highest BCUT2D eigenvalue weighted by molar-refractivity contribution is 7.22. The van der Waals surface area contributed by atoms with Gasteiger partial charge in [0.25, 0.3) is 0 Å². The largest absolute Gasteiger partial charge is 1.00 e. The SMILES string of the molecule is [Br-].c1ccc(Nc2nc3c(ccc4ccccc43)s2)cc1. The monoisotopic (exact) mass is 355 g/mol. The van der Waals surface area contributed by atoms with E-state index in [4.69, 9.17) is 4.98 Å². The van der Waals surface area contributed by atoms with Gasteiger partial charge in [-0.05, 0) is 23.6 Å². The Morgan fingerprint density at radius 3 is 2.43 bits per heavy atom. The summed E-state index contributed by atoms with van der Waals surface area (Å²) in [4.78, 5) is 4.74. The van der Waals surface area contributed by atoms with E-state index in [2.05, 4.69) is 41.7 Å². The van der Waals surface area contributed by atoms with Crippen LogP contribution >= 0.6 is 11.3 Å². The molecule has 2 nitrogen and oxygen atoms in total. The van der Waals surface area contributed by atoms with Crippen LogP contribution in [-0.2, 0) is 0 Å². The maximum atomic E-state index is 4.74. The standard InChI is InChI=1S/C17H12N2S.BrH/c1-2-7-13(8-3-1)18-17-19-16-14-9-5-4-6-12(14)10-11-15(16)20-17;/h1-11H,(H,18,19);1H/p-1. The van der Waals surface area contributed by atoms with E-state index >= 15 is 0 Å². The average molecular weight is 356 g/mol. The molecular weight excluding hydrogens is 344 g/mol. The number of halogens is 1. The summed E-state index contributed by atoms with van der Waals surface area (Å²) in [6.45, 7) is 0. The number of anilines is 2. The zero-order valence-electron chi connectivity index (χ0n) is 11.1. The van der Waals surface area contributed by atoms with Gasteiger partial charge in [-0.1, -0.05) is 59.9 Å². The number of nitrogens with zero attached hydrogens (tertiary/aromatic N) is 1. The number of benzene rings is 3. The van der Waals surface area contributed by atoms with Crippen molar-refractivity contribution in [2.24, 2.45) is 0 Å². The summed E-state index contributed by atoms with van der Waals surface area (Å²) in [5.41, 5.74) is 2.14. The lowest BCUT2D eigenvalue weighted by Gasteiger charge is -2.00. The van der Waals surface area contributed by atoms with Crippen LogP contribution in [0.3, 0.4) is 0 Å². The first-order valence-corrected chi connectivity index (χ1v) is 7.32. The Morgan fingerprint density at radius 1 is 0.810 bits per heavy atom. The lowest BCUT2D eigenvalue weighted by molar-refractivity contribution is -0.00000377. The maximum Gasteiger partial charge on any atom is 0.188 e. The van der Waals surface area contributed by atoms with Crippen molar-refractivity contribution in [1.29, 1.82) is 0 Å². The fourth-order valence-electron chi connectivity index (χ4n) is 2.36. The predicted octanol–water partition coefficient (Wildman–Crippen LogP) is 2.20. The third-order valence-corrected chi connectivity index (χ3v) is 4.24. The van der Waals surface area contributed by atoms with Gasteiger partial charge in [-0.25, -0.2) is 4.98 Å². The summed E-state index contributed by atoms with van der Waals surface area (Å²) >= 11 is 1.68. The topological polar surface area (TPSA) is 24.9 Å². The zero-order valence-corrected chi connectivity index (χ0v) is 13.5. The molecule has 0 spiro atoms. The Bertz CT molecular complexity index is 887. The Hall–Kier alpha value is -1.91. The molecule has 0 bridgehead atoms. The van der Waals surface area contributed by atoms with E-state index in [9.17, 15) is 0 Å². The van der Waals surface area contributed by atoms with Crippen LogP contribution in [0.4, 0.5) is 10.8 Å². The summed E-state index contributed by atoms with van der Waals surface area (Å²) in [7, 11) is 0. The number of thiazole rings is 1. The average Bonchev–Trinajstić information content (AvgIpc) is 2.91. The van der Waals surface area contributed by atoms with Crippen LogP contribution in [0.25, 0.3) is 21.0 Å². The van der Waals surface area contributed by atoms with Gasteiger partial charge in [-0.15, -0.1) is 0 Å². The van der Waals surface area contributed by atoms with Crippen LogP contribution in [0, 0.1) is 0 Å². The van der Waals surface area contributed by atoms with E-state index in [1.54, 1.807) is 11.3 Å². The fourth-order valence-corrected chi connectivity index (χ4v) is 3.26. The molecule has 3 aromatic carbocycles. The van der Waals surface area contributed by atoms with Crippen molar-refractivity contribution in [1.82, 2.24) is 4.98 Å². The molecule has 0 saturated carbocycles. The second-order valence-corrected chi connectivity index (χ2v) is 5.67. The molecule has 21 heavy (non-hydrogen) atoms. The van der Waals surface area contributed by atoms with Gasteiger partial charge >= 0.3 is 0 Å². The molecule has 0 aliphatic rings. The first-order valence-electron chi connectivity index (χ1n) is 6.50. The number of para-hydroxylation sites is 1. The summed E-state index contributed by atoms with van der Waals surface area (Å²) in [6, 6.07) is 22.8. The number of aromatic nitrogens is 1. The lowest BCUT2D eigenvalue weighted by atomic mass is 10.1. The first-order chi connectivity index (χ1) is 9.90. The zero-order chi connectivity index (χ0) is 13.4. The molecule has 104 valence electrons. The van der Waals surface area contributed by atoms with Gasteiger partial charge in [-0.3, -0.25) is 0 Å². The summed E-state index contributed by atoms with van der Waals surface area (Å²) in [6.07, 6.45) is 0. The van der Waals surface area contributed by atoms with Crippen molar-refractivity contribution < 1.29 is 17.0 Å². The summed E-state index contributed by atoms with van der Waals surface area (Å²) < 4.78 is 1.21. The van der Waals surface area contributed by atoms with E-state index in [-0.39, 0.29) is 17.0 Å². The van der Waals surface area contributed by atoms with Gasteiger partial charge in [0.15, 0.2) is 5.13 Å². The van der Waals surface area contributed by atoms with E-state index < -0.39 is 0 Å². The smallest absolute Gasteiger partial charge is 0.188 e. The molecule has 1 N–H and O–H groups in total. The highest BCUT2D eigenvalue weighted by atomic mass is 79.9. The van der Waals surface area contributed by atoms with Crippen molar-refractivity contribution in [3.8, 4) is 0 Å². The minimum atomic E-state index is 0. The third-order valence-electron chi connectivity index (χ3n) is 3.31.